The molecule has 1 heterocycles. The van der Waals surface area contributed by atoms with Gasteiger partial charge >= 0.3 is 0 Å². The Morgan fingerprint density at radius 3 is 2.83 bits per heavy atom. The first kappa shape index (κ1) is 18.0. The van der Waals surface area contributed by atoms with E-state index in [0.29, 0.717) is 18.0 Å². The number of sulfonamides is 1. The van der Waals surface area contributed by atoms with Crippen molar-refractivity contribution in [3.8, 4) is 0 Å². The minimum absolute atomic E-state index is 0.00694. The molecule has 1 aromatic heterocycles. The Morgan fingerprint density at radius 1 is 1.35 bits per heavy atom. The fourth-order valence-electron chi connectivity index (χ4n) is 1.72. The van der Waals surface area contributed by atoms with Crippen molar-refractivity contribution in [2.75, 3.05) is 22.8 Å². The lowest BCUT2D eigenvalue weighted by molar-refractivity contribution is -0.118. The van der Waals surface area contributed by atoms with Crippen molar-refractivity contribution in [1.82, 2.24) is 10.3 Å². The summed E-state index contributed by atoms with van der Waals surface area (Å²) >= 11 is 2.83. The Morgan fingerprint density at radius 2 is 2.13 bits per heavy atom. The average Bonchev–Trinajstić information content (AvgIpc) is 2.92. The van der Waals surface area contributed by atoms with Crippen LogP contribution in [0.3, 0.4) is 0 Å². The van der Waals surface area contributed by atoms with E-state index in [9.17, 15) is 13.2 Å². The summed E-state index contributed by atoms with van der Waals surface area (Å²) in [5.41, 5.74) is 1.33. The standard InChI is InChI=1S/C14H19N3O3S3/c1-3-7-15-13(18)9-21-14-16-11-6-5-10(8-12(11)22-14)17-23(19,20)4-2/h5-6,8,17H,3-4,7,9H2,1-2H3,(H,15,18). The molecule has 0 saturated carbocycles. The fourth-order valence-corrected chi connectivity index (χ4v) is 4.29. The van der Waals surface area contributed by atoms with Gasteiger partial charge in [-0.15, -0.1) is 11.3 Å². The number of benzene rings is 1. The maximum absolute atomic E-state index is 11.6. The smallest absolute Gasteiger partial charge is 0.232 e. The Balaban J connectivity index is 2.06. The summed E-state index contributed by atoms with van der Waals surface area (Å²) in [5, 5.41) is 2.82. The van der Waals surface area contributed by atoms with Crippen molar-refractivity contribution in [2.24, 2.45) is 0 Å². The summed E-state index contributed by atoms with van der Waals surface area (Å²) < 4.78 is 27.4. The second-order valence-electron chi connectivity index (χ2n) is 4.81. The molecule has 0 unspecified atom stereocenters. The summed E-state index contributed by atoms with van der Waals surface area (Å²) in [7, 11) is -3.29. The van der Waals surface area contributed by atoms with Gasteiger partial charge in [0.2, 0.25) is 15.9 Å². The van der Waals surface area contributed by atoms with E-state index in [0.717, 1.165) is 21.0 Å². The Hall–Kier alpha value is -1.32. The van der Waals surface area contributed by atoms with Crippen molar-refractivity contribution in [3.63, 3.8) is 0 Å². The zero-order valence-electron chi connectivity index (χ0n) is 13.0. The number of aromatic nitrogens is 1. The lowest BCUT2D eigenvalue weighted by atomic mass is 10.3. The molecule has 1 amide bonds. The van der Waals surface area contributed by atoms with Gasteiger partial charge in [-0.05, 0) is 31.5 Å². The number of anilines is 1. The molecule has 0 saturated heterocycles. The van der Waals surface area contributed by atoms with Crippen molar-refractivity contribution in [2.45, 2.75) is 24.6 Å². The second kappa shape index (κ2) is 7.98. The second-order valence-corrected chi connectivity index (χ2v) is 9.07. The van der Waals surface area contributed by atoms with E-state index in [1.807, 2.05) is 6.92 Å². The molecule has 1 aromatic carbocycles. The van der Waals surface area contributed by atoms with Crippen LogP contribution < -0.4 is 10.0 Å². The molecule has 0 spiro atoms. The molecule has 0 fully saturated rings. The van der Waals surface area contributed by atoms with Gasteiger partial charge in [0, 0.05) is 6.54 Å². The highest BCUT2D eigenvalue weighted by Crippen LogP contribution is 2.31. The SMILES string of the molecule is CCCNC(=O)CSc1nc2ccc(NS(=O)(=O)CC)cc2s1. The maximum Gasteiger partial charge on any atom is 0.232 e. The number of nitrogens with zero attached hydrogens (tertiary/aromatic N) is 1. The Bertz CT molecular complexity index is 787. The van der Waals surface area contributed by atoms with E-state index in [-0.39, 0.29) is 11.7 Å². The number of thiazole rings is 1. The van der Waals surface area contributed by atoms with Crippen molar-refractivity contribution in [3.05, 3.63) is 18.2 Å². The molecule has 0 aliphatic carbocycles. The van der Waals surface area contributed by atoms with Crippen LogP contribution in [-0.4, -0.2) is 37.4 Å². The summed E-state index contributed by atoms with van der Waals surface area (Å²) in [5.74, 6) is 0.351. The van der Waals surface area contributed by atoms with Gasteiger partial charge in [-0.2, -0.15) is 0 Å². The van der Waals surface area contributed by atoms with Gasteiger partial charge in [0.1, 0.15) is 0 Å². The lowest BCUT2D eigenvalue weighted by Gasteiger charge is -2.04. The number of fused-ring (bicyclic) bond motifs is 1. The molecule has 0 aliphatic rings. The van der Waals surface area contributed by atoms with Crippen LogP contribution in [0.1, 0.15) is 20.3 Å². The van der Waals surface area contributed by atoms with Crippen LogP contribution in [0.4, 0.5) is 5.69 Å². The summed E-state index contributed by atoms with van der Waals surface area (Å²) in [6.45, 7) is 4.28. The third-order valence-electron chi connectivity index (χ3n) is 2.92. The van der Waals surface area contributed by atoms with Crippen LogP contribution in [0.2, 0.25) is 0 Å². The minimum atomic E-state index is -3.29. The molecular formula is C14H19N3O3S3. The van der Waals surface area contributed by atoms with Crippen LogP contribution in [0.5, 0.6) is 0 Å². The highest BCUT2D eigenvalue weighted by Gasteiger charge is 2.10. The monoisotopic (exact) mass is 373 g/mol. The molecule has 9 heteroatoms. The van der Waals surface area contributed by atoms with Crippen LogP contribution in [0.25, 0.3) is 10.2 Å². The number of carbonyl (C=O) groups is 1. The Kier molecular flexibility index (Phi) is 6.25. The molecule has 0 atom stereocenters. The average molecular weight is 374 g/mol. The number of thioether (sulfide) groups is 1. The number of amides is 1. The first-order valence-electron chi connectivity index (χ1n) is 7.24. The van der Waals surface area contributed by atoms with Crippen molar-refractivity contribution < 1.29 is 13.2 Å². The molecule has 126 valence electrons. The topological polar surface area (TPSA) is 88.2 Å². The quantitative estimate of drug-likeness (QED) is 0.695. The van der Waals surface area contributed by atoms with Gasteiger partial charge in [0.15, 0.2) is 4.34 Å². The number of rotatable bonds is 8. The van der Waals surface area contributed by atoms with Crippen molar-refractivity contribution in [1.29, 1.82) is 0 Å². The summed E-state index contributed by atoms with van der Waals surface area (Å²) in [6.07, 6.45) is 0.911. The van der Waals surface area contributed by atoms with Gasteiger partial charge in [0.25, 0.3) is 0 Å². The largest absolute Gasteiger partial charge is 0.355 e. The summed E-state index contributed by atoms with van der Waals surface area (Å²) in [6, 6.07) is 5.24. The van der Waals surface area contributed by atoms with E-state index < -0.39 is 10.0 Å². The number of hydrogen-bond donors (Lipinski definition) is 2. The Labute approximate surface area is 144 Å². The maximum atomic E-state index is 11.6. The van der Waals surface area contributed by atoms with E-state index >= 15 is 0 Å². The molecule has 2 rings (SSSR count). The van der Waals surface area contributed by atoms with Crippen molar-refractivity contribution >= 4 is 54.9 Å². The fraction of sp³-hybridized carbons (Fsp3) is 0.429. The van der Waals surface area contributed by atoms with Crippen LogP contribution in [-0.2, 0) is 14.8 Å². The van der Waals surface area contributed by atoms with E-state index in [2.05, 4.69) is 15.0 Å². The predicted octanol–water partition coefficient (Wildman–Crippen LogP) is 2.68. The molecule has 0 aliphatic heterocycles. The van der Waals surface area contributed by atoms with Crippen LogP contribution >= 0.6 is 23.1 Å². The number of hydrogen-bond acceptors (Lipinski definition) is 6. The molecule has 0 bridgehead atoms. The zero-order valence-corrected chi connectivity index (χ0v) is 15.4. The van der Waals surface area contributed by atoms with Crippen LogP contribution in [0, 0.1) is 0 Å². The first-order chi connectivity index (χ1) is 10.9. The highest BCUT2D eigenvalue weighted by atomic mass is 32.2. The molecule has 2 aromatic rings. The molecular weight excluding hydrogens is 354 g/mol. The van der Waals surface area contributed by atoms with Gasteiger partial charge in [-0.1, -0.05) is 18.7 Å². The van der Waals surface area contributed by atoms with Gasteiger partial charge in [0.05, 0.1) is 27.4 Å². The minimum Gasteiger partial charge on any atom is -0.355 e. The third kappa shape index (κ3) is 5.36. The van der Waals surface area contributed by atoms with Crippen LogP contribution in [0.15, 0.2) is 22.5 Å². The first-order valence-corrected chi connectivity index (χ1v) is 10.7. The predicted molar refractivity (Wildman–Crippen MR) is 96.7 cm³/mol. The van der Waals surface area contributed by atoms with Gasteiger partial charge in [-0.25, -0.2) is 13.4 Å². The van der Waals surface area contributed by atoms with E-state index in [1.54, 1.807) is 25.1 Å². The van der Waals surface area contributed by atoms with E-state index in [4.69, 9.17) is 0 Å². The molecule has 0 radical (unpaired) electrons. The highest BCUT2D eigenvalue weighted by molar-refractivity contribution is 8.01. The molecule has 23 heavy (non-hydrogen) atoms. The molecule has 6 nitrogen and oxygen atoms in total. The number of carbonyl (C=O) groups excluding carboxylic acids is 1. The number of nitrogens with one attached hydrogen (secondary N) is 2. The third-order valence-corrected chi connectivity index (χ3v) is 6.39. The van der Waals surface area contributed by atoms with E-state index in [1.165, 1.54) is 23.1 Å². The van der Waals surface area contributed by atoms with Gasteiger partial charge < -0.3 is 5.32 Å². The normalized spacial score (nSPS) is 11.6. The molecule has 2 N–H and O–H groups in total. The summed E-state index contributed by atoms with van der Waals surface area (Å²) in [4.78, 5) is 16.0. The zero-order chi connectivity index (χ0) is 16.9. The lowest BCUT2D eigenvalue weighted by Crippen LogP contribution is -2.25. The van der Waals surface area contributed by atoms with Gasteiger partial charge in [-0.3, -0.25) is 9.52 Å².